The van der Waals surface area contributed by atoms with Crippen LogP contribution in [0.15, 0.2) is 71.8 Å². The number of anilines is 2. The maximum Gasteiger partial charge on any atom is 0.282 e. The third-order valence-corrected chi connectivity index (χ3v) is 4.51. The van der Waals surface area contributed by atoms with Crippen molar-refractivity contribution in [2.45, 2.75) is 6.92 Å². The molecule has 2 amide bonds. The number of rotatable bonds is 4. The predicted molar refractivity (Wildman–Crippen MR) is 114 cm³/mol. The van der Waals surface area contributed by atoms with Crippen molar-refractivity contribution in [3.05, 3.63) is 82.9 Å². The Morgan fingerprint density at radius 1 is 0.900 bits per heavy atom. The van der Waals surface area contributed by atoms with E-state index in [4.69, 9.17) is 0 Å². The molecule has 0 bridgehead atoms. The summed E-state index contributed by atoms with van der Waals surface area (Å²) >= 11 is 0. The summed E-state index contributed by atoms with van der Waals surface area (Å²) in [6.45, 7) is 1.43. The SMILES string of the molecule is CC(=O)Nc1ccc(NC(=O)c2cn(C)cc3c(=O)n(-c4ccccc4)nc2-3)cc1. The van der Waals surface area contributed by atoms with Gasteiger partial charge in [-0.1, -0.05) is 18.2 Å². The summed E-state index contributed by atoms with van der Waals surface area (Å²) in [5.74, 6) is -0.561. The number of hydrogen-bond acceptors (Lipinski definition) is 4. The molecule has 0 spiro atoms. The lowest BCUT2D eigenvalue weighted by molar-refractivity contribution is -0.114. The molecule has 0 saturated carbocycles. The number of amides is 2. The molecular formula is C22H19N5O3. The fourth-order valence-electron chi connectivity index (χ4n) is 3.18. The van der Waals surface area contributed by atoms with Crippen LogP contribution < -0.4 is 16.2 Å². The van der Waals surface area contributed by atoms with Gasteiger partial charge in [-0.05, 0) is 36.4 Å². The summed E-state index contributed by atoms with van der Waals surface area (Å²) in [5, 5.41) is 9.90. The van der Waals surface area contributed by atoms with Crippen LogP contribution in [0.3, 0.4) is 0 Å². The maximum absolute atomic E-state index is 13.0. The Hall–Kier alpha value is -4.20. The van der Waals surface area contributed by atoms with E-state index in [0.29, 0.717) is 28.3 Å². The second-order valence-electron chi connectivity index (χ2n) is 6.86. The Labute approximate surface area is 172 Å². The van der Waals surface area contributed by atoms with Crippen LogP contribution in [0.4, 0.5) is 11.4 Å². The van der Waals surface area contributed by atoms with Crippen LogP contribution in [0, 0.1) is 0 Å². The number of aryl methyl sites for hydroxylation is 1. The Morgan fingerprint density at radius 3 is 2.17 bits per heavy atom. The number of para-hydroxylation sites is 1. The van der Waals surface area contributed by atoms with Gasteiger partial charge in [-0.15, -0.1) is 0 Å². The second-order valence-corrected chi connectivity index (χ2v) is 6.86. The van der Waals surface area contributed by atoms with Gasteiger partial charge >= 0.3 is 0 Å². The van der Waals surface area contributed by atoms with Gasteiger partial charge in [-0.3, -0.25) is 14.4 Å². The van der Waals surface area contributed by atoms with Crippen molar-refractivity contribution in [2.75, 3.05) is 10.6 Å². The number of pyridine rings is 1. The quantitative estimate of drug-likeness (QED) is 0.549. The molecule has 2 aliphatic heterocycles. The third kappa shape index (κ3) is 3.70. The monoisotopic (exact) mass is 401 g/mol. The zero-order valence-corrected chi connectivity index (χ0v) is 16.4. The van der Waals surface area contributed by atoms with Crippen molar-refractivity contribution >= 4 is 23.2 Å². The smallest absolute Gasteiger partial charge is 0.282 e. The standard InChI is InChI=1S/C22H19N5O3/c1-14(28)23-15-8-10-16(11-9-15)24-21(29)18-12-26(2)13-19-20(18)25-27(22(19)30)17-6-4-3-5-7-17/h3-13H,1-2H3,(H,23,28)(H,24,29). The highest BCUT2D eigenvalue weighted by Crippen LogP contribution is 2.23. The summed E-state index contributed by atoms with van der Waals surface area (Å²) in [4.78, 5) is 36.9. The maximum atomic E-state index is 13.0. The van der Waals surface area contributed by atoms with Gasteiger partial charge < -0.3 is 15.2 Å². The van der Waals surface area contributed by atoms with Crippen molar-refractivity contribution in [1.29, 1.82) is 0 Å². The van der Waals surface area contributed by atoms with Gasteiger partial charge in [0.25, 0.3) is 11.5 Å². The normalized spacial score (nSPS) is 10.7. The summed E-state index contributed by atoms with van der Waals surface area (Å²) in [5.41, 5.74) is 2.49. The van der Waals surface area contributed by atoms with Gasteiger partial charge in [0, 0.05) is 37.7 Å². The molecule has 2 N–H and O–H groups in total. The molecule has 0 aromatic heterocycles. The van der Waals surface area contributed by atoms with E-state index in [1.165, 1.54) is 11.6 Å². The highest BCUT2D eigenvalue weighted by molar-refractivity contribution is 6.08. The van der Waals surface area contributed by atoms with E-state index in [-0.39, 0.29) is 22.9 Å². The summed E-state index contributed by atoms with van der Waals surface area (Å²) in [7, 11) is 1.75. The Morgan fingerprint density at radius 2 is 1.53 bits per heavy atom. The lowest BCUT2D eigenvalue weighted by Crippen LogP contribution is -2.17. The number of fused-ring (bicyclic) bond motifs is 1. The number of benzene rings is 2. The van der Waals surface area contributed by atoms with Crippen LogP contribution in [0.5, 0.6) is 0 Å². The number of aromatic nitrogens is 3. The predicted octanol–water partition coefficient (Wildman–Crippen LogP) is 2.89. The summed E-state index contributed by atoms with van der Waals surface area (Å²) in [6.07, 6.45) is 3.29. The molecule has 0 fully saturated rings. The highest BCUT2D eigenvalue weighted by Gasteiger charge is 2.24. The van der Waals surface area contributed by atoms with E-state index in [0.717, 1.165) is 0 Å². The van der Waals surface area contributed by atoms with Crippen LogP contribution in [0.25, 0.3) is 16.9 Å². The molecule has 2 aliphatic rings. The van der Waals surface area contributed by atoms with E-state index in [9.17, 15) is 14.4 Å². The van der Waals surface area contributed by atoms with Crippen molar-refractivity contribution < 1.29 is 9.59 Å². The van der Waals surface area contributed by atoms with Crippen LogP contribution in [0.2, 0.25) is 0 Å². The molecule has 8 nitrogen and oxygen atoms in total. The summed E-state index contributed by atoms with van der Waals surface area (Å²) in [6, 6.07) is 15.8. The molecular weight excluding hydrogens is 382 g/mol. The van der Waals surface area contributed by atoms with E-state index < -0.39 is 0 Å². The molecule has 0 radical (unpaired) electrons. The number of nitrogens with zero attached hydrogens (tertiary/aromatic N) is 3. The zero-order valence-electron chi connectivity index (χ0n) is 16.4. The minimum atomic E-state index is -0.388. The number of hydrogen-bond donors (Lipinski definition) is 2. The minimum absolute atomic E-state index is 0.173. The molecule has 2 heterocycles. The number of nitrogens with one attached hydrogen (secondary N) is 2. The largest absolute Gasteiger partial charge is 0.356 e. The van der Waals surface area contributed by atoms with Crippen LogP contribution in [-0.2, 0) is 11.8 Å². The first kappa shape index (κ1) is 19.1. The van der Waals surface area contributed by atoms with Gasteiger partial charge in [0.05, 0.1) is 16.8 Å². The molecule has 30 heavy (non-hydrogen) atoms. The van der Waals surface area contributed by atoms with Crippen molar-refractivity contribution in [3.8, 4) is 16.9 Å². The van der Waals surface area contributed by atoms with E-state index >= 15 is 0 Å². The van der Waals surface area contributed by atoms with Crippen LogP contribution >= 0.6 is 0 Å². The van der Waals surface area contributed by atoms with Crippen molar-refractivity contribution in [2.24, 2.45) is 7.05 Å². The molecule has 8 heteroatoms. The molecule has 0 aliphatic carbocycles. The zero-order chi connectivity index (χ0) is 21.3. The van der Waals surface area contributed by atoms with Gasteiger partial charge in [0.15, 0.2) is 0 Å². The number of carbonyl (C=O) groups excluding carboxylic acids is 2. The average molecular weight is 401 g/mol. The van der Waals surface area contributed by atoms with Gasteiger partial charge in [0.2, 0.25) is 5.91 Å². The fraction of sp³-hybridized carbons (Fsp3) is 0.0909. The molecule has 2 aromatic carbocycles. The lowest BCUT2D eigenvalue weighted by atomic mass is 10.1. The molecule has 0 unspecified atom stereocenters. The fourth-order valence-corrected chi connectivity index (χ4v) is 3.18. The van der Waals surface area contributed by atoms with Crippen LogP contribution in [-0.4, -0.2) is 26.2 Å². The third-order valence-electron chi connectivity index (χ3n) is 4.51. The molecule has 0 atom stereocenters. The lowest BCUT2D eigenvalue weighted by Gasteiger charge is -2.10. The molecule has 2 aromatic rings. The Bertz CT molecular complexity index is 1260. The van der Waals surface area contributed by atoms with Crippen molar-refractivity contribution in [3.63, 3.8) is 0 Å². The van der Waals surface area contributed by atoms with Gasteiger partial charge in [0.1, 0.15) is 5.69 Å². The topological polar surface area (TPSA) is 98.0 Å². The molecule has 4 rings (SSSR count). The Kier molecular flexibility index (Phi) is 4.89. The van der Waals surface area contributed by atoms with Crippen LogP contribution in [0.1, 0.15) is 17.3 Å². The van der Waals surface area contributed by atoms with E-state index in [1.54, 1.807) is 60.4 Å². The van der Waals surface area contributed by atoms with Crippen molar-refractivity contribution in [1.82, 2.24) is 14.3 Å². The second kappa shape index (κ2) is 7.67. The highest BCUT2D eigenvalue weighted by atomic mass is 16.2. The summed E-state index contributed by atoms with van der Waals surface area (Å²) < 4.78 is 2.96. The first-order valence-electron chi connectivity index (χ1n) is 9.26. The Balaban J connectivity index is 1.69. The van der Waals surface area contributed by atoms with Gasteiger partial charge in [-0.25, -0.2) is 0 Å². The number of carbonyl (C=O) groups is 2. The minimum Gasteiger partial charge on any atom is -0.356 e. The van der Waals surface area contributed by atoms with E-state index in [2.05, 4.69) is 15.7 Å². The molecule has 150 valence electrons. The average Bonchev–Trinajstić information content (AvgIpc) is 3.05. The van der Waals surface area contributed by atoms with E-state index in [1.807, 2.05) is 18.2 Å². The first-order chi connectivity index (χ1) is 14.4. The van der Waals surface area contributed by atoms with Gasteiger partial charge in [-0.2, -0.15) is 9.78 Å². The first-order valence-corrected chi connectivity index (χ1v) is 9.26. The molecule has 0 saturated heterocycles.